The van der Waals surface area contributed by atoms with Crippen molar-refractivity contribution in [1.82, 2.24) is 10.2 Å². The molecule has 1 aliphatic rings. The lowest BCUT2D eigenvalue weighted by Gasteiger charge is -2.39. The first-order valence-electron chi connectivity index (χ1n) is 10.3. The van der Waals surface area contributed by atoms with Crippen LogP contribution in [0.2, 0.25) is 0 Å². The lowest BCUT2D eigenvalue weighted by atomic mass is 10.2. The predicted octanol–water partition coefficient (Wildman–Crippen LogP) is 3.14. The minimum Gasteiger partial charge on any atom is -0.369 e. The van der Waals surface area contributed by atoms with Crippen LogP contribution < -0.4 is 10.2 Å². The molecule has 2 aromatic rings. The normalized spacial score (nSPS) is 17.2. The van der Waals surface area contributed by atoms with Crippen molar-refractivity contribution in [3.05, 3.63) is 60.2 Å². The number of amides is 1. The molecule has 5 nitrogen and oxygen atoms in total. The van der Waals surface area contributed by atoms with Crippen molar-refractivity contribution in [3.63, 3.8) is 0 Å². The van der Waals surface area contributed by atoms with E-state index in [0.29, 0.717) is 12.1 Å². The van der Waals surface area contributed by atoms with E-state index in [4.69, 9.17) is 0 Å². The molecule has 0 bridgehead atoms. The Hall–Kier alpha value is -2.18. The van der Waals surface area contributed by atoms with Crippen molar-refractivity contribution in [1.29, 1.82) is 0 Å². The highest BCUT2D eigenvalue weighted by atomic mass is 32.2. The first-order chi connectivity index (χ1) is 14.0. The number of nitrogens with zero attached hydrogens (tertiary/aromatic N) is 2. The Labute approximate surface area is 176 Å². The van der Waals surface area contributed by atoms with E-state index >= 15 is 0 Å². The van der Waals surface area contributed by atoms with Gasteiger partial charge in [0.05, 0.1) is 10.8 Å². The molecule has 3 rings (SSSR count). The molecule has 0 aromatic heterocycles. The zero-order chi connectivity index (χ0) is 20.8. The Morgan fingerprint density at radius 3 is 2.17 bits per heavy atom. The van der Waals surface area contributed by atoms with Crippen LogP contribution >= 0.6 is 0 Å². The summed E-state index contributed by atoms with van der Waals surface area (Å²) >= 11 is 0. The van der Waals surface area contributed by atoms with Gasteiger partial charge in [0.15, 0.2) is 0 Å². The molecule has 156 valence electrons. The van der Waals surface area contributed by atoms with Crippen molar-refractivity contribution >= 4 is 22.4 Å². The van der Waals surface area contributed by atoms with Crippen LogP contribution in [0, 0.1) is 0 Å². The number of hydrogen-bond donors (Lipinski definition) is 1. The minimum absolute atomic E-state index is 0.0675. The molecule has 2 atom stereocenters. The van der Waals surface area contributed by atoms with Crippen molar-refractivity contribution in [2.75, 3.05) is 37.6 Å². The van der Waals surface area contributed by atoms with Gasteiger partial charge in [0.25, 0.3) is 5.91 Å². The second-order valence-corrected chi connectivity index (χ2v) is 9.80. The Bertz CT molecular complexity index is 816. The average Bonchev–Trinajstić information content (AvgIpc) is 2.77. The van der Waals surface area contributed by atoms with Crippen LogP contribution in [0.5, 0.6) is 0 Å². The van der Waals surface area contributed by atoms with Crippen LogP contribution in [0.15, 0.2) is 59.5 Å². The quantitative estimate of drug-likeness (QED) is 0.758. The molecule has 6 heteroatoms. The van der Waals surface area contributed by atoms with Gasteiger partial charge in [-0.2, -0.15) is 0 Å². The average molecular weight is 414 g/mol. The van der Waals surface area contributed by atoms with Crippen molar-refractivity contribution in [2.45, 2.75) is 37.0 Å². The summed E-state index contributed by atoms with van der Waals surface area (Å²) < 4.78 is 12.1. The summed E-state index contributed by atoms with van der Waals surface area (Å²) in [4.78, 5) is 18.1. The Balaban J connectivity index is 1.46. The first kappa shape index (κ1) is 21.5. The van der Waals surface area contributed by atoms with Gasteiger partial charge in [0, 0.05) is 60.2 Å². The molecule has 1 aliphatic heterocycles. The summed E-state index contributed by atoms with van der Waals surface area (Å²) in [5.41, 5.74) is 1.88. The van der Waals surface area contributed by atoms with E-state index in [0.717, 1.165) is 31.1 Å². The summed E-state index contributed by atoms with van der Waals surface area (Å²) in [5.74, 6) is -0.0818. The van der Waals surface area contributed by atoms with Crippen molar-refractivity contribution < 1.29 is 9.00 Å². The van der Waals surface area contributed by atoms with Gasteiger partial charge < -0.3 is 10.2 Å². The van der Waals surface area contributed by atoms with Crippen LogP contribution in [0.3, 0.4) is 0 Å². The zero-order valence-electron chi connectivity index (χ0n) is 17.5. The molecule has 0 unspecified atom stereocenters. The molecule has 1 N–H and O–H groups in total. The van der Waals surface area contributed by atoms with Gasteiger partial charge in [0.1, 0.15) is 0 Å². The van der Waals surface area contributed by atoms with Crippen molar-refractivity contribution in [2.24, 2.45) is 0 Å². The second kappa shape index (κ2) is 10.0. The number of para-hydroxylation sites is 1. The maximum absolute atomic E-state index is 12.5. The van der Waals surface area contributed by atoms with Gasteiger partial charge in [-0.1, -0.05) is 32.0 Å². The fourth-order valence-corrected chi connectivity index (χ4v) is 4.49. The fraction of sp³-hybridized carbons (Fsp3) is 0.435. The number of anilines is 1. The number of hydrogen-bond acceptors (Lipinski definition) is 4. The van der Waals surface area contributed by atoms with Crippen molar-refractivity contribution in [3.8, 4) is 0 Å². The SMILES string of the molecule is CC(C)[S@@](=O)c1ccc(C(=O)NC[C@H](C)N2CCN(c3ccccc3)CC2)cc1. The first-order valence-corrected chi connectivity index (χ1v) is 11.5. The molecule has 0 radical (unpaired) electrons. The molecule has 0 aliphatic carbocycles. The van der Waals surface area contributed by atoms with E-state index in [-0.39, 0.29) is 17.2 Å². The number of benzene rings is 2. The van der Waals surface area contributed by atoms with Gasteiger partial charge in [0.2, 0.25) is 0 Å². The molecule has 1 saturated heterocycles. The summed E-state index contributed by atoms with van der Waals surface area (Å²) in [6, 6.07) is 17.9. The molecular formula is C23H31N3O2S. The summed E-state index contributed by atoms with van der Waals surface area (Å²) in [6.07, 6.45) is 0. The van der Waals surface area contributed by atoms with Crippen LogP contribution in [0.25, 0.3) is 0 Å². The molecule has 0 spiro atoms. The third-order valence-electron chi connectivity index (χ3n) is 5.39. The lowest BCUT2D eigenvalue weighted by molar-refractivity contribution is 0.0934. The molecule has 0 saturated carbocycles. The molecule has 1 fully saturated rings. The zero-order valence-corrected chi connectivity index (χ0v) is 18.3. The molecule has 29 heavy (non-hydrogen) atoms. The molecule has 1 heterocycles. The molecular weight excluding hydrogens is 382 g/mol. The number of rotatable bonds is 7. The highest BCUT2D eigenvalue weighted by Crippen LogP contribution is 2.17. The van der Waals surface area contributed by atoms with Gasteiger partial charge in [-0.3, -0.25) is 13.9 Å². The fourth-order valence-electron chi connectivity index (χ4n) is 3.54. The van der Waals surface area contributed by atoms with Gasteiger partial charge in [-0.15, -0.1) is 0 Å². The smallest absolute Gasteiger partial charge is 0.251 e. The number of carbonyl (C=O) groups is 1. The third kappa shape index (κ3) is 5.67. The monoisotopic (exact) mass is 413 g/mol. The van der Waals surface area contributed by atoms with Crippen LogP contribution in [0.4, 0.5) is 5.69 Å². The van der Waals surface area contributed by atoms with E-state index in [2.05, 4.69) is 46.3 Å². The number of nitrogens with one attached hydrogen (secondary N) is 1. The highest BCUT2D eigenvalue weighted by Gasteiger charge is 2.21. The number of piperazine rings is 1. The Kier molecular flexibility index (Phi) is 7.45. The van der Waals surface area contributed by atoms with Crippen LogP contribution in [0.1, 0.15) is 31.1 Å². The standard InChI is InChI=1S/C23H31N3O2S/c1-18(2)29(28)22-11-9-20(10-12-22)23(27)24-17-19(3)25-13-15-26(16-14-25)21-7-5-4-6-8-21/h4-12,18-19H,13-17H2,1-3H3,(H,24,27)/t19-,29+/m0/s1. The van der Waals surface area contributed by atoms with Gasteiger partial charge in [-0.25, -0.2) is 0 Å². The van der Waals surface area contributed by atoms with E-state index < -0.39 is 10.8 Å². The molecule has 2 aromatic carbocycles. The Morgan fingerprint density at radius 2 is 1.59 bits per heavy atom. The summed E-state index contributed by atoms with van der Waals surface area (Å²) in [6.45, 7) is 10.6. The van der Waals surface area contributed by atoms with E-state index in [1.807, 2.05) is 19.9 Å². The van der Waals surface area contributed by atoms with Crippen LogP contribution in [-0.2, 0) is 10.8 Å². The topological polar surface area (TPSA) is 52.7 Å². The van der Waals surface area contributed by atoms with E-state index in [1.165, 1.54) is 5.69 Å². The maximum Gasteiger partial charge on any atom is 0.251 e. The lowest BCUT2D eigenvalue weighted by Crippen LogP contribution is -2.52. The second-order valence-electron chi connectivity index (χ2n) is 7.79. The minimum atomic E-state index is -1.03. The van der Waals surface area contributed by atoms with E-state index in [1.54, 1.807) is 24.3 Å². The highest BCUT2D eigenvalue weighted by molar-refractivity contribution is 7.85. The third-order valence-corrected chi connectivity index (χ3v) is 6.99. The van der Waals surface area contributed by atoms with Gasteiger partial charge in [-0.05, 0) is 43.3 Å². The molecule has 1 amide bonds. The van der Waals surface area contributed by atoms with Crippen LogP contribution in [-0.4, -0.2) is 59.0 Å². The maximum atomic E-state index is 12.5. The largest absolute Gasteiger partial charge is 0.369 e. The predicted molar refractivity (Wildman–Crippen MR) is 120 cm³/mol. The number of carbonyl (C=O) groups excluding carboxylic acids is 1. The van der Waals surface area contributed by atoms with Gasteiger partial charge >= 0.3 is 0 Å². The summed E-state index contributed by atoms with van der Waals surface area (Å²) in [5, 5.41) is 3.11. The summed E-state index contributed by atoms with van der Waals surface area (Å²) in [7, 11) is -1.03. The van der Waals surface area contributed by atoms with E-state index in [9.17, 15) is 9.00 Å². The Morgan fingerprint density at radius 1 is 0.966 bits per heavy atom.